The maximum atomic E-state index is 11.4. The Kier molecular flexibility index (Phi) is 3.92. The molecular formula is C5H9F2NO. The molecule has 0 aliphatic carbocycles. The van der Waals surface area contributed by atoms with Crippen molar-refractivity contribution in [3.05, 3.63) is 0 Å². The Morgan fingerprint density at radius 3 is 2.56 bits per heavy atom. The van der Waals surface area contributed by atoms with Gasteiger partial charge < -0.3 is 4.74 Å². The Morgan fingerprint density at radius 2 is 2.22 bits per heavy atom. The van der Waals surface area contributed by atoms with E-state index < -0.39 is 12.8 Å². The number of ether oxygens (including phenoxy) is 1. The van der Waals surface area contributed by atoms with Gasteiger partial charge in [-0.3, -0.25) is 5.41 Å². The molecule has 0 radical (unpaired) electrons. The third-order valence-electron chi connectivity index (χ3n) is 0.658. The Morgan fingerprint density at radius 1 is 1.67 bits per heavy atom. The van der Waals surface area contributed by atoms with E-state index >= 15 is 0 Å². The fraction of sp³-hybridized carbons (Fsp3) is 0.800. The molecular weight excluding hydrogens is 128 g/mol. The van der Waals surface area contributed by atoms with Gasteiger partial charge in [-0.15, -0.1) is 0 Å². The third kappa shape index (κ3) is 5.20. The highest BCUT2D eigenvalue weighted by molar-refractivity contribution is 5.72. The first-order valence-electron chi connectivity index (χ1n) is 2.65. The van der Waals surface area contributed by atoms with Crippen LogP contribution in [0.3, 0.4) is 0 Å². The van der Waals surface area contributed by atoms with E-state index in [4.69, 9.17) is 5.41 Å². The standard InChI is InChI=1S/C5H9F2NO/c1-2-9-5(8)3-4(6)7/h4,8H,2-3H2,1H3. The van der Waals surface area contributed by atoms with E-state index in [9.17, 15) is 8.78 Å². The van der Waals surface area contributed by atoms with Gasteiger partial charge in [0.1, 0.15) is 0 Å². The van der Waals surface area contributed by atoms with Gasteiger partial charge in [-0.25, -0.2) is 8.78 Å². The molecule has 0 fully saturated rings. The highest BCUT2D eigenvalue weighted by Gasteiger charge is 2.06. The van der Waals surface area contributed by atoms with E-state index in [0.717, 1.165) is 0 Å². The van der Waals surface area contributed by atoms with Crippen LogP contribution in [-0.2, 0) is 4.74 Å². The van der Waals surface area contributed by atoms with Crippen LogP contribution in [0.4, 0.5) is 8.78 Å². The summed E-state index contributed by atoms with van der Waals surface area (Å²) < 4.78 is 27.2. The van der Waals surface area contributed by atoms with E-state index in [0.29, 0.717) is 0 Å². The molecule has 0 aromatic heterocycles. The lowest BCUT2D eigenvalue weighted by Crippen LogP contribution is -2.07. The van der Waals surface area contributed by atoms with Gasteiger partial charge in [-0.2, -0.15) is 0 Å². The summed E-state index contributed by atoms with van der Waals surface area (Å²) in [6.07, 6.45) is -3.04. The lowest BCUT2D eigenvalue weighted by Gasteiger charge is -2.01. The van der Waals surface area contributed by atoms with E-state index in [1.54, 1.807) is 6.92 Å². The smallest absolute Gasteiger partial charge is 0.247 e. The van der Waals surface area contributed by atoms with Crippen LogP contribution in [0.1, 0.15) is 13.3 Å². The van der Waals surface area contributed by atoms with Gasteiger partial charge in [0.05, 0.1) is 13.0 Å². The van der Waals surface area contributed by atoms with Gasteiger partial charge in [0.25, 0.3) is 0 Å². The lowest BCUT2D eigenvalue weighted by atomic mass is 10.4. The van der Waals surface area contributed by atoms with E-state index in [-0.39, 0.29) is 12.5 Å². The van der Waals surface area contributed by atoms with Gasteiger partial charge in [0.2, 0.25) is 6.43 Å². The molecule has 0 saturated carbocycles. The minimum absolute atomic E-state index is 0.283. The zero-order valence-electron chi connectivity index (χ0n) is 5.16. The van der Waals surface area contributed by atoms with Crippen molar-refractivity contribution >= 4 is 5.90 Å². The van der Waals surface area contributed by atoms with Crippen LogP contribution in [0, 0.1) is 5.41 Å². The van der Waals surface area contributed by atoms with E-state index in [2.05, 4.69) is 4.74 Å². The monoisotopic (exact) mass is 137 g/mol. The summed E-state index contributed by atoms with van der Waals surface area (Å²) in [5.74, 6) is -0.340. The van der Waals surface area contributed by atoms with Crippen LogP contribution in [0.5, 0.6) is 0 Å². The molecule has 0 amide bonds. The zero-order valence-corrected chi connectivity index (χ0v) is 5.16. The first kappa shape index (κ1) is 8.33. The summed E-state index contributed by atoms with van der Waals surface area (Å²) in [6, 6.07) is 0. The second-order valence-corrected chi connectivity index (χ2v) is 1.45. The summed E-state index contributed by atoms with van der Waals surface area (Å²) in [4.78, 5) is 0. The second-order valence-electron chi connectivity index (χ2n) is 1.45. The molecule has 0 unspecified atom stereocenters. The Bertz CT molecular complexity index is 95.0. The highest BCUT2D eigenvalue weighted by atomic mass is 19.3. The van der Waals surface area contributed by atoms with Crippen molar-refractivity contribution in [2.24, 2.45) is 0 Å². The molecule has 54 valence electrons. The predicted molar refractivity (Wildman–Crippen MR) is 30.0 cm³/mol. The molecule has 0 aliphatic heterocycles. The molecule has 0 rings (SSSR count). The van der Waals surface area contributed by atoms with Crippen molar-refractivity contribution in [3.8, 4) is 0 Å². The molecule has 0 aromatic carbocycles. The molecule has 0 heterocycles. The topological polar surface area (TPSA) is 33.1 Å². The number of nitrogens with one attached hydrogen (secondary N) is 1. The van der Waals surface area contributed by atoms with E-state index in [1.807, 2.05) is 0 Å². The van der Waals surface area contributed by atoms with Crippen LogP contribution in [0.2, 0.25) is 0 Å². The average molecular weight is 137 g/mol. The van der Waals surface area contributed by atoms with Crippen molar-refractivity contribution in [1.82, 2.24) is 0 Å². The first-order valence-corrected chi connectivity index (χ1v) is 2.65. The maximum Gasteiger partial charge on any atom is 0.247 e. The van der Waals surface area contributed by atoms with Crippen LogP contribution < -0.4 is 0 Å². The van der Waals surface area contributed by atoms with Crippen LogP contribution in [-0.4, -0.2) is 18.9 Å². The SMILES string of the molecule is CCOC(=N)CC(F)F. The summed E-state index contributed by atoms with van der Waals surface area (Å²) in [5, 5.41) is 6.72. The highest BCUT2D eigenvalue weighted by Crippen LogP contribution is 1.99. The van der Waals surface area contributed by atoms with Crippen LogP contribution in [0.15, 0.2) is 0 Å². The molecule has 4 heteroatoms. The molecule has 0 atom stereocenters. The molecule has 0 bridgehead atoms. The number of alkyl halides is 2. The van der Waals surface area contributed by atoms with Gasteiger partial charge >= 0.3 is 0 Å². The number of hydrogen-bond donors (Lipinski definition) is 1. The van der Waals surface area contributed by atoms with Gasteiger partial charge in [0, 0.05) is 0 Å². The van der Waals surface area contributed by atoms with E-state index in [1.165, 1.54) is 0 Å². The fourth-order valence-electron chi connectivity index (χ4n) is 0.373. The first-order chi connectivity index (χ1) is 4.16. The molecule has 0 saturated heterocycles. The quantitative estimate of drug-likeness (QED) is 0.465. The Hall–Kier alpha value is -0.670. The normalized spacial score (nSPS) is 9.78. The summed E-state index contributed by atoms with van der Waals surface area (Å²) in [5.41, 5.74) is 0. The van der Waals surface area contributed by atoms with Crippen molar-refractivity contribution in [3.63, 3.8) is 0 Å². The third-order valence-corrected chi connectivity index (χ3v) is 0.658. The summed E-state index contributed by atoms with van der Waals surface area (Å²) >= 11 is 0. The largest absolute Gasteiger partial charge is 0.481 e. The van der Waals surface area contributed by atoms with Crippen molar-refractivity contribution < 1.29 is 13.5 Å². The second kappa shape index (κ2) is 4.23. The maximum absolute atomic E-state index is 11.4. The summed E-state index contributed by atoms with van der Waals surface area (Å²) in [6.45, 7) is 1.94. The molecule has 2 nitrogen and oxygen atoms in total. The minimum atomic E-state index is -2.47. The lowest BCUT2D eigenvalue weighted by molar-refractivity contribution is 0.146. The number of halogens is 2. The number of hydrogen-bond acceptors (Lipinski definition) is 2. The molecule has 0 aliphatic rings. The summed E-state index contributed by atoms with van der Waals surface area (Å²) in [7, 11) is 0. The number of rotatable bonds is 3. The molecule has 1 N–H and O–H groups in total. The Balaban J connectivity index is 3.27. The molecule has 0 spiro atoms. The van der Waals surface area contributed by atoms with Gasteiger partial charge in [-0.05, 0) is 6.92 Å². The van der Waals surface area contributed by atoms with Crippen molar-refractivity contribution in [2.45, 2.75) is 19.8 Å². The minimum Gasteiger partial charge on any atom is -0.481 e. The van der Waals surface area contributed by atoms with Crippen LogP contribution >= 0.6 is 0 Å². The van der Waals surface area contributed by atoms with Crippen molar-refractivity contribution in [2.75, 3.05) is 6.61 Å². The Labute approximate surface area is 52.3 Å². The van der Waals surface area contributed by atoms with Crippen molar-refractivity contribution in [1.29, 1.82) is 5.41 Å². The zero-order chi connectivity index (χ0) is 7.28. The van der Waals surface area contributed by atoms with Gasteiger partial charge in [-0.1, -0.05) is 0 Å². The van der Waals surface area contributed by atoms with Crippen LogP contribution in [0.25, 0.3) is 0 Å². The predicted octanol–water partition coefficient (Wildman–Crippen LogP) is 1.66. The average Bonchev–Trinajstić information content (AvgIpc) is 1.63. The molecule has 0 aromatic rings. The van der Waals surface area contributed by atoms with Gasteiger partial charge in [0.15, 0.2) is 5.90 Å². The molecule has 9 heavy (non-hydrogen) atoms. The fourth-order valence-corrected chi connectivity index (χ4v) is 0.373.